The number of nitrogen functional groups attached to an aromatic ring is 1. The van der Waals surface area contributed by atoms with E-state index in [1.54, 1.807) is 6.20 Å². The molecule has 0 fully saturated rings. The largest absolute Gasteiger partial charge is 0.397 e. The number of hydrogen-bond acceptors (Lipinski definition) is 3. The molecule has 11 heavy (non-hydrogen) atoms. The van der Waals surface area contributed by atoms with Crippen LogP contribution in [0.2, 0.25) is 0 Å². The Morgan fingerprint density at radius 2 is 2.36 bits per heavy atom. The molecule has 1 rings (SSSR count). The zero-order valence-corrected chi connectivity index (χ0v) is 6.67. The van der Waals surface area contributed by atoms with Gasteiger partial charge in [-0.15, -0.1) is 0 Å². The summed E-state index contributed by atoms with van der Waals surface area (Å²) in [5.41, 5.74) is 6.17. The van der Waals surface area contributed by atoms with Gasteiger partial charge in [-0.1, -0.05) is 6.92 Å². The van der Waals surface area contributed by atoms with Crippen LogP contribution in [0.3, 0.4) is 0 Å². The monoisotopic (exact) mass is 151 g/mol. The second-order valence-corrected chi connectivity index (χ2v) is 2.40. The number of anilines is 2. The quantitative estimate of drug-likeness (QED) is 0.688. The van der Waals surface area contributed by atoms with Crippen LogP contribution in [0.5, 0.6) is 0 Å². The molecule has 0 radical (unpaired) electrons. The minimum atomic E-state index is 0.701. The van der Waals surface area contributed by atoms with Crippen LogP contribution >= 0.6 is 0 Å². The van der Waals surface area contributed by atoms with Gasteiger partial charge < -0.3 is 11.1 Å². The van der Waals surface area contributed by atoms with E-state index in [0.717, 1.165) is 18.8 Å². The third-order valence-corrected chi connectivity index (χ3v) is 1.34. The third-order valence-electron chi connectivity index (χ3n) is 1.34. The molecule has 0 spiro atoms. The SMILES string of the molecule is CCCNc1ccc(N)cn1. The zero-order chi connectivity index (χ0) is 8.10. The lowest BCUT2D eigenvalue weighted by atomic mass is 10.4. The van der Waals surface area contributed by atoms with E-state index in [-0.39, 0.29) is 0 Å². The van der Waals surface area contributed by atoms with E-state index >= 15 is 0 Å². The average Bonchev–Trinajstić information content (AvgIpc) is 2.04. The molecule has 1 aromatic rings. The van der Waals surface area contributed by atoms with Crippen molar-refractivity contribution >= 4 is 11.5 Å². The van der Waals surface area contributed by atoms with Crippen molar-refractivity contribution in [3.05, 3.63) is 18.3 Å². The Balaban J connectivity index is 2.52. The summed E-state index contributed by atoms with van der Waals surface area (Å²) in [5, 5.41) is 3.15. The lowest BCUT2D eigenvalue weighted by Crippen LogP contribution is -2.01. The number of nitrogens with zero attached hydrogens (tertiary/aromatic N) is 1. The van der Waals surface area contributed by atoms with E-state index in [2.05, 4.69) is 17.2 Å². The van der Waals surface area contributed by atoms with Gasteiger partial charge in [0, 0.05) is 6.54 Å². The third kappa shape index (κ3) is 2.45. The van der Waals surface area contributed by atoms with Crippen LogP contribution in [0.25, 0.3) is 0 Å². The fourth-order valence-corrected chi connectivity index (χ4v) is 0.763. The topological polar surface area (TPSA) is 50.9 Å². The molecule has 0 saturated carbocycles. The fraction of sp³-hybridized carbons (Fsp3) is 0.375. The molecule has 0 amide bonds. The van der Waals surface area contributed by atoms with Crippen molar-refractivity contribution in [3.63, 3.8) is 0 Å². The predicted octanol–water partition coefficient (Wildman–Crippen LogP) is 1.49. The summed E-state index contributed by atoms with van der Waals surface area (Å²) in [7, 11) is 0. The van der Waals surface area contributed by atoms with E-state index in [1.165, 1.54) is 0 Å². The molecule has 3 heteroatoms. The number of nitrogens with two attached hydrogens (primary N) is 1. The van der Waals surface area contributed by atoms with Gasteiger partial charge >= 0.3 is 0 Å². The van der Waals surface area contributed by atoms with E-state index in [0.29, 0.717) is 5.69 Å². The highest BCUT2D eigenvalue weighted by Crippen LogP contribution is 2.04. The summed E-state index contributed by atoms with van der Waals surface area (Å²) in [6, 6.07) is 3.72. The van der Waals surface area contributed by atoms with Gasteiger partial charge in [0.05, 0.1) is 11.9 Å². The minimum absolute atomic E-state index is 0.701. The Morgan fingerprint density at radius 3 is 2.91 bits per heavy atom. The molecule has 0 saturated heterocycles. The van der Waals surface area contributed by atoms with Crippen molar-refractivity contribution in [1.82, 2.24) is 4.98 Å². The molecule has 3 nitrogen and oxygen atoms in total. The van der Waals surface area contributed by atoms with E-state index in [1.807, 2.05) is 12.1 Å². The van der Waals surface area contributed by atoms with Crippen molar-refractivity contribution in [2.75, 3.05) is 17.6 Å². The fourth-order valence-electron chi connectivity index (χ4n) is 0.763. The Hall–Kier alpha value is -1.25. The van der Waals surface area contributed by atoms with Crippen molar-refractivity contribution < 1.29 is 0 Å². The van der Waals surface area contributed by atoms with Gasteiger partial charge in [0.2, 0.25) is 0 Å². The molecular formula is C8H13N3. The number of hydrogen-bond donors (Lipinski definition) is 2. The van der Waals surface area contributed by atoms with Gasteiger partial charge in [0.1, 0.15) is 5.82 Å². The van der Waals surface area contributed by atoms with Crippen molar-refractivity contribution in [3.8, 4) is 0 Å². The molecule has 0 atom stereocenters. The molecule has 0 bridgehead atoms. The van der Waals surface area contributed by atoms with Gasteiger partial charge in [-0.3, -0.25) is 0 Å². The Bertz CT molecular complexity index is 205. The number of pyridine rings is 1. The van der Waals surface area contributed by atoms with Crippen LogP contribution in [-0.2, 0) is 0 Å². The molecule has 0 aliphatic rings. The van der Waals surface area contributed by atoms with Crippen LogP contribution in [0.4, 0.5) is 11.5 Å². The molecule has 60 valence electrons. The number of aromatic nitrogens is 1. The van der Waals surface area contributed by atoms with Gasteiger partial charge in [-0.2, -0.15) is 0 Å². The van der Waals surface area contributed by atoms with Gasteiger partial charge in [0.25, 0.3) is 0 Å². The van der Waals surface area contributed by atoms with Gasteiger partial charge in [-0.05, 0) is 18.6 Å². The number of nitrogens with one attached hydrogen (secondary N) is 1. The maximum absolute atomic E-state index is 5.47. The highest BCUT2D eigenvalue weighted by atomic mass is 15.0. The highest BCUT2D eigenvalue weighted by molar-refractivity contribution is 5.43. The first-order chi connectivity index (χ1) is 5.33. The second-order valence-electron chi connectivity index (χ2n) is 2.40. The molecule has 1 heterocycles. The maximum atomic E-state index is 5.47. The second kappa shape index (κ2) is 3.81. The van der Waals surface area contributed by atoms with Crippen LogP contribution in [0, 0.1) is 0 Å². The molecule has 0 aromatic carbocycles. The summed E-state index contributed by atoms with van der Waals surface area (Å²) in [6.45, 7) is 3.07. The smallest absolute Gasteiger partial charge is 0.126 e. The molecule has 1 aromatic heterocycles. The molecule has 0 unspecified atom stereocenters. The lowest BCUT2D eigenvalue weighted by Gasteiger charge is -2.02. The molecule has 3 N–H and O–H groups in total. The Kier molecular flexibility index (Phi) is 2.72. The minimum Gasteiger partial charge on any atom is -0.397 e. The van der Waals surface area contributed by atoms with Crippen molar-refractivity contribution in [2.45, 2.75) is 13.3 Å². The normalized spacial score (nSPS) is 9.55. The Morgan fingerprint density at radius 1 is 1.55 bits per heavy atom. The summed E-state index contributed by atoms with van der Waals surface area (Å²) in [5.74, 6) is 0.890. The maximum Gasteiger partial charge on any atom is 0.126 e. The molecular weight excluding hydrogens is 138 g/mol. The average molecular weight is 151 g/mol. The molecule has 0 aliphatic heterocycles. The van der Waals surface area contributed by atoms with Crippen molar-refractivity contribution in [1.29, 1.82) is 0 Å². The van der Waals surface area contributed by atoms with Crippen LogP contribution < -0.4 is 11.1 Å². The lowest BCUT2D eigenvalue weighted by molar-refractivity contribution is 0.969. The van der Waals surface area contributed by atoms with Crippen LogP contribution in [0.15, 0.2) is 18.3 Å². The zero-order valence-electron chi connectivity index (χ0n) is 6.67. The highest BCUT2D eigenvalue weighted by Gasteiger charge is 1.89. The van der Waals surface area contributed by atoms with Gasteiger partial charge in [0.15, 0.2) is 0 Å². The summed E-state index contributed by atoms with van der Waals surface area (Å²) < 4.78 is 0. The Labute approximate surface area is 66.6 Å². The predicted molar refractivity (Wildman–Crippen MR) is 47.4 cm³/mol. The van der Waals surface area contributed by atoms with E-state index in [4.69, 9.17) is 5.73 Å². The van der Waals surface area contributed by atoms with E-state index < -0.39 is 0 Å². The van der Waals surface area contributed by atoms with Gasteiger partial charge in [-0.25, -0.2) is 4.98 Å². The van der Waals surface area contributed by atoms with E-state index in [9.17, 15) is 0 Å². The van der Waals surface area contributed by atoms with Crippen LogP contribution in [-0.4, -0.2) is 11.5 Å². The first kappa shape index (κ1) is 7.85. The number of rotatable bonds is 3. The summed E-state index contributed by atoms with van der Waals surface area (Å²) in [4.78, 5) is 4.08. The summed E-state index contributed by atoms with van der Waals surface area (Å²) >= 11 is 0. The standard InChI is InChI=1S/C8H13N3/c1-2-5-10-8-4-3-7(9)6-11-8/h3-4,6H,2,5,9H2,1H3,(H,10,11). The van der Waals surface area contributed by atoms with Crippen LogP contribution in [0.1, 0.15) is 13.3 Å². The van der Waals surface area contributed by atoms with Crippen molar-refractivity contribution in [2.24, 2.45) is 0 Å². The summed E-state index contributed by atoms with van der Waals surface area (Å²) in [6.07, 6.45) is 2.75. The first-order valence-electron chi connectivity index (χ1n) is 3.78. The first-order valence-corrected chi connectivity index (χ1v) is 3.78. The molecule has 0 aliphatic carbocycles.